The number of carboxylic acids is 1. The second-order valence-corrected chi connectivity index (χ2v) is 4.56. The summed E-state index contributed by atoms with van der Waals surface area (Å²) in [7, 11) is 0. The summed E-state index contributed by atoms with van der Waals surface area (Å²) >= 11 is 0. The molecule has 0 unspecified atom stereocenters. The lowest BCUT2D eigenvalue weighted by molar-refractivity contribution is -0.138. The van der Waals surface area contributed by atoms with Gasteiger partial charge in [0.2, 0.25) is 0 Å². The van der Waals surface area contributed by atoms with Crippen LogP contribution in [0.3, 0.4) is 0 Å². The second kappa shape index (κ2) is 7.04. The summed E-state index contributed by atoms with van der Waals surface area (Å²) in [6, 6.07) is 10.8. The minimum atomic E-state index is -4.41. The number of carbonyl (C=O) groups is 1. The molecule has 0 saturated carbocycles. The van der Waals surface area contributed by atoms with Crippen molar-refractivity contribution >= 4 is 5.97 Å². The van der Waals surface area contributed by atoms with Gasteiger partial charge in [0.15, 0.2) is 11.5 Å². The Morgan fingerprint density at radius 1 is 1.00 bits per heavy atom. The van der Waals surface area contributed by atoms with E-state index in [1.807, 2.05) is 0 Å². The van der Waals surface area contributed by atoms with Gasteiger partial charge in [-0.15, -0.1) is 0 Å². The Bertz CT molecular complexity index is 666. The van der Waals surface area contributed by atoms with Gasteiger partial charge in [-0.05, 0) is 36.4 Å². The van der Waals surface area contributed by atoms with Crippen LogP contribution in [0.4, 0.5) is 13.2 Å². The maximum Gasteiger partial charge on any atom is 0.416 e. The molecule has 0 fully saturated rings. The van der Waals surface area contributed by atoms with Crippen LogP contribution in [0.2, 0.25) is 0 Å². The van der Waals surface area contributed by atoms with Crippen molar-refractivity contribution in [2.24, 2.45) is 0 Å². The number of rotatable bonds is 6. The van der Waals surface area contributed by atoms with Crippen molar-refractivity contribution in [2.75, 3.05) is 6.61 Å². The fourth-order valence-electron chi connectivity index (χ4n) is 1.74. The zero-order valence-corrected chi connectivity index (χ0v) is 11.8. The lowest BCUT2D eigenvalue weighted by Gasteiger charge is -2.12. The molecule has 0 heterocycles. The van der Waals surface area contributed by atoms with Gasteiger partial charge >= 0.3 is 12.1 Å². The Kier molecular flexibility index (Phi) is 5.10. The van der Waals surface area contributed by atoms with E-state index >= 15 is 0 Å². The maximum atomic E-state index is 12.5. The fraction of sp³-hybridized carbons (Fsp3) is 0.188. The average Bonchev–Trinajstić information content (AvgIpc) is 2.48. The first-order valence-corrected chi connectivity index (χ1v) is 6.65. The van der Waals surface area contributed by atoms with Crippen molar-refractivity contribution in [3.63, 3.8) is 0 Å². The molecule has 0 aliphatic heterocycles. The van der Waals surface area contributed by atoms with E-state index in [1.165, 1.54) is 12.1 Å². The van der Waals surface area contributed by atoms with Crippen molar-refractivity contribution in [1.29, 1.82) is 0 Å². The number of halogens is 3. The number of carboxylic acid groups (broad SMARTS) is 1. The largest absolute Gasteiger partial charge is 0.489 e. The predicted molar refractivity (Wildman–Crippen MR) is 75.7 cm³/mol. The van der Waals surface area contributed by atoms with Crippen molar-refractivity contribution < 1.29 is 32.5 Å². The summed E-state index contributed by atoms with van der Waals surface area (Å²) < 4.78 is 48.3. The second-order valence-electron chi connectivity index (χ2n) is 4.56. The van der Waals surface area contributed by atoms with E-state index in [-0.39, 0.29) is 24.5 Å². The summed E-state index contributed by atoms with van der Waals surface area (Å²) in [6.45, 7) is -0.0390. The standard InChI is InChI=1S/C16H13F3O4/c17-16(18,19)11-5-7-12(8-6-11)23-14-4-2-1-3-13(14)22-10-9-15(20)21/h1-8H,9-10H2,(H,20,21). The Balaban J connectivity index is 2.09. The molecule has 4 nitrogen and oxygen atoms in total. The Labute approximate surface area is 130 Å². The minimum Gasteiger partial charge on any atom is -0.489 e. The molecule has 0 aromatic heterocycles. The Morgan fingerprint density at radius 3 is 2.17 bits per heavy atom. The maximum absolute atomic E-state index is 12.5. The zero-order chi connectivity index (χ0) is 16.9. The average molecular weight is 326 g/mol. The quantitative estimate of drug-likeness (QED) is 0.857. The lowest BCUT2D eigenvalue weighted by Crippen LogP contribution is -2.05. The normalized spacial score (nSPS) is 11.1. The molecule has 7 heteroatoms. The smallest absolute Gasteiger partial charge is 0.416 e. The Morgan fingerprint density at radius 2 is 1.61 bits per heavy atom. The number of benzene rings is 2. The molecule has 0 aliphatic carbocycles. The van der Waals surface area contributed by atoms with Crippen LogP contribution < -0.4 is 9.47 Å². The lowest BCUT2D eigenvalue weighted by atomic mass is 10.2. The summed E-state index contributed by atoms with van der Waals surface area (Å²) in [5.41, 5.74) is -0.768. The molecular formula is C16H13F3O4. The highest BCUT2D eigenvalue weighted by atomic mass is 19.4. The van der Waals surface area contributed by atoms with Crippen LogP contribution in [0.15, 0.2) is 48.5 Å². The van der Waals surface area contributed by atoms with Crippen LogP contribution in [0, 0.1) is 0 Å². The van der Waals surface area contributed by atoms with Crippen molar-refractivity contribution in [3.8, 4) is 17.2 Å². The molecule has 2 aromatic carbocycles. The van der Waals surface area contributed by atoms with Gasteiger partial charge in [0.1, 0.15) is 5.75 Å². The van der Waals surface area contributed by atoms with Crippen molar-refractivity contribution in [1.82, 2.24) is 0 Å². The van der Waals surface area contributed by atoms with Crippen LogP contribution in [0.25, 0.3) is 0 Å². The fourth-order valence-corrected chi connectivity index (χ4v) is 1.74. The van der Waals surface area contributed by atoms with E-state index < -0.39 is 17.7 Å². The van der Waals surface area contributed by atoms with Crippen LogP contribution in [0.5, 0.6) is 17.2 Å². The predicted octanol–water partition coefficient (Wildman–Crippen LogP) is 4.35. The summed E-state index contributed by atoms with van der Waals surface area (Å²) in [6.07, 6.45) is -4.58. The van der Waals surface area contributed by atoms with Gasteiger partial charge in [-0.1, -0.05) is 12.1 Å². The monoisotopic (exact) mass is 326 g/mol. The van der Waals surface area contributed by atoms with Crippen LogP contribution >= 0.6 is 0 Å². The zero-order valence-electron chi connectivity index (χ0n) is 11.8. The van der Waals surface area contributed by atoms with E-state index in [9.17, 15) is 18.0 Å². The molecule has 0 amide bonds. The molecule has 0 atom stereocenters. The van der Waals surface area contributed by atoms with E-state index in [1.54, 1.807) is 24.3 Å². The molecule has 122 valence electrons. The molecule has 0 spiro atoms. The first kappa shape index (κ1) is 16.7. The molecule has 0 saturated heterocycles. The third-order valence-corrected chi connectivity index (χ3v) is 2.83. The number of hydrogen-bond donors (Lipinski definition) is 1. The van der Waals surface area contributed by atoms with E-state index in [0.29, 0.717) is 5.75 Å². The van der Waals surface area contributed by atoms with Crippen molar-refractivity contribution in [3.05, 3.63) is 54.1 Å². The van der Waals surface area contributed by atoms with Crippen LogP contribution in [0.1, 0.15) is 12.0 Å². The topological polar surface area (TPSA) is 55.8 Å². The van der Waals surface area contributed by atoms with Gasteiger partial charge in [-0.3, -0.25) is 4.79 Å². The van der Waals surface area contributed by atoms with Gasteiger partial charge < -0.3 is 14.6 Å². The highest BCUT2D eigenvalue weighted by Gasteiger charge is 2.30. The third kappa shape index (κ3) is 4.91. The van der Waals surface area contributed by atoms with Crippen molar-refractivity contribution in [2.45, 2.75) is 12.6 Å². The molecule has 1 N–H and O–H groups in total. The number of para-hydroxylation sites is 2. The highest BCUT2D eigenvalue weighted by Crippen LogP contribution is 2.34. The van der Waals surface area contributed by atoms with Gasteiger partial charge in [-0.25, -0.2) is 0 Å². The Hall–Kier alpha value is -2.70. The van der Waals surface area contributed by atoms with Gasteiger partial charge in [0.05, 0.1) is 18.6 Å². The third-order valence-electron chi connectivity index (χ3n) is 2.83. The minimum absolute atomic E-state index is 0.0390. The molecule has 0 radical (unpaired) electrons. The molecule has 2 aromatic rings. The molecule has 23 heavy (non-hydrogen) atoms. The van der Waals surface area contributed by atoms with Crippen LogP contribution in [-0.2, 0) is 11.0 Å². The molecular weight excluding hydrogens is 313 g/mol. The van der Waals surface area contributed by atoms with E-state index in [4.69, 9.17) is 14.6 Å². The summed E-state index contributed by atoms with van der Waals surface area (Å²) in [5, 5.41) is 8.58. The van der Waals surface area contributed by atoms with Crippen LogP contribution in [-0.4, -0.2) is 17.7 Å². The highest BCUT2D eigenvalue weighted by molar-refractivity contribution is 5.66. The van der Waals surface area contributed by atoms with Gasteiger partial charge in [0.25, 0.3) is 0 Å². The first-order chi connectivity index (χ1) is 10.9. The number of hydrogen-bond acceptors (Lipinski definition) is 3. The summed E-state index contributed by atoms with van der Waals surface area (Å²) in [5.74, 6) is -0.176. The first-order valence-electron chi connectivity index (χ1n) is 6.65. The summed E-state index contributed by atoms with van der Waals surface area (Å²) in [4.78, 5) is 10.5. The van der Waals surface area contributed by atoms with Gasteiger partial charge in [-0.2, -0.15) is 13.2 Å². The van der Waals surface area contributed by atoms with E-state index in [2.05, 4.69) is 0 Å². The van der Waals surface area contributed by atoms with E-state index in [0.717, 1.165) is 12.1 Å². The molecule has 0 bridgehead atoms. The number of ether oxygens (including phenoxy) is 2. The van der Waals surface area contributed by atoms with Gasteiger partial charge in [0, 0.05) is 0 Å². The SMILES string of the molecule is O=C(O)CCOc1ccccc1Oc1ccc(C(F)(F)F)cc1. The molecule has 2 rings (SSSR count). The number of aliphatic carboxylic acids is 1. The number of alkyl halides is 3. The molecule has 0 aliphatic rings.